The number of halogens is 2. The third-order valence-electron chi connectivity index (χ3n) is 7.64. The molecule has 6 nitrogen and oxygen atoms in total. The Morgan fingerprint density at radius 3 is 2.06 bits per heavy atom. The van der Waals surface area contributed by atoms with Crippen molar-refractivity contribution >= 4 is 11.9 Å². The molecule has 0 aromatic rings. The maximum Gasteiger partial charge on any atom is 0.376 e. The van der Waals surface area contributed by atoms with Gasteiger partial charge < -0.3 is 18.9 Å². The number of alkyl halides is 2. The van der Waals surface area contributed by atoms with Gasteiger partial charge in [0, 0.05) is 13.3 Å². The molecule has 5 aliphatic rings. The Balaban J connectivity index is 1.22. The van der Waals surface area contributed by atoms with Crippen LogP contribution in [0.1, 0.15) is 78.6 Å². The van der Waals surface area contributed by atoms with E-state index in [0.717, 1.165) is 24.2 Å². The van der Waals surface area contributed by atoms with Crippen molar-refractivity contribution in [2.24, 2.45) is 23.2 Å². The van der Waals surface area contributed by atoms with Crippen molar-refractivity contribution in [2.75, 3.05) is 13.2 Å². The number of rotatable bonds is 8. The van der Waals surface area contributed by atoms with Gasteiger partial charge in [-0.25, -0.2) is 4.79 Å². The molecule has 8 heteroatoms. The second-order valence-electron chi connectivity index (χ2n) is 11.2. The van der Waals surface area contributed by atoms with Crippen LogP contribution in [0.4, 0.5) is 8.78 Å². The van der Waals surface area contributed by atoms with Crippen LogP contribution >= 0.6 is 0 Å². The average molecular weight is 459 g/mol. The van der Waals surface area contributed by atoms with Crippen LogP contribution in [0, 0.1) is 23.2 Å². The summed E-state index contributed by atoms with van der Waals surface area (Å²) in [6.07, 6.45) is 8.16. The van der Waals surface area contributed by atoms with Gasteiger partial charge in [0.25, 0.3) is 0 Å². The van der Waals surface area contributed by atoms with Gasteiger partial charge in [-0.2, -0.15) is 8.78 Å². The molecule has 2 unspecified atom stereocenters. The van der Waals surface area contributed by atoms with Crippen LogP contribution < -0.4 is 0 Å². The van der Waals surface area contributed by atoms with E-state index >= 15 is 0 Å². The summed E-state index contributed by atoms with van der Waals surface area (Å²) < 4.78 is 47.8. The lowest BCUT2D eigenvalue weighted by atomic mass is 9.49. The molecule has 0 spiro atoms. The molecule has 1 saturated heterocycles. The zero-order valence-corrected chi connectivity index (χ0v) is 19.4. The van der Waals surface area contributed by atoms with Gasteiger partial charge in [-0.3, -0.25) is 4.79 Å². The zero-order valence-electron chi connectivity index (χ0n) is 19.4. The Morgan fingerprint density at radius 1 is 0.938 bits per heavy atom. The van der Waals surface area contributed by atoms with Gasteiger partial charge in [0.05, 0.1) is 25.2 Å². The Hall–Kier alpha value is -1.28. The van der Waals surface area contributed by atoms with Crippen molar-refractivity contribution in [2.45, 2.75) is 102 Å². The van der Waals surface area contributed by atoms with Crippen molar-refractivity contribution in [1.82, 2.24) is 0 Å². The summed E-state index contributed by atoms with van der Waals surface area (Å²) in [5.74, 6) is -3.88. The van der Waals surface area contributed by atoms with Gasteiger partial charge in [0.1, 0.15) is 6.61 Å². The molecule has 0 aromatic heterocycles. The van der Waals surface area contributed by atoms with Gasteiger partial charge in [-0.1, -0.05) is 0 Å². The lowest BCUT2D eigenvalue weighted by Crippen LogP contribution is -2.47. The first kappa shape index (κ1) is 23.9. The molecule has 182 valence electrons. The standard InChI is InChI=1S/C24H36F2O6/c1-22(2)31-18(9-19(32-22)14-30-21(28)23(3,25)26)10-20(27)29-5-4-24-11-15-6-16(12-24)8-17(7-15)13-24/h15-19H,4-14H2,1-3H3. The molecule has 1 aliphatic heterocycles. The Labute approximate surface area is 188 Å². The first-order valence-corrected chi connectivity index (χ1v) is 12.0. The topological polar surface area (TPSA) is 71.1 Å². The van der Waals surface area contributed by atoms with Gasteiger partial charge in [0.15, 0.2) is 5.79 Å². The molecule has 2 atom stereocenters. The molecule has 4 saturated carbocycles. The molecule has 4 aliphatic carbocycles. The number of esters is 2. The molecule has 0 radical (unpaired) electrons. The van der Waals surface area contributed by atoms with Crippen molar-refractivity contribution in [1.29, 1.82) is 0 Å². The summed E-state index contributed by atoms with van der Waals surface area (Å²) >= 11 is 0. The molecule has 5 rings (SSSR count). The highest BCUT2D eigenvalue weighted by Crippen LogP contribution is 2.61. The fourth-order valence-electron chi connectivity index (χ4n) is 6.96. The molecule has 0 aromatic carbocycles. The minimum atomic E-state index is -3.55. The van der Waals surface area contributed by atoms with Crippen LogP contribution in [-0.2, 0) is 28.5 Å². The largest absolute Gasteiger partial charge is 0.466 e. The van der Waals surface area contributed by atoms with Gasteiger partial charge in [0.2, 0.25) is 0 Å². The highest BCUT2D eigenvalue weighted by molar-refractivity contribution is 5.76. The van der Waals surface area contributed by atoms with Crippen LogP contribution in [0.2, 0.25) is 0 Å². The number of hydrogen-bond acceptors (Lipinski definition) is 6. The first-order chi connectivity index (χ1) is 14.9. The summed E-state index contributed by atoms with van der Waals surface area (Å²) in [4.78, 5) is 23.8. The van der Waals surface area contributed by atoms with E-state index in [-0.39, 0.29) is 25.4 Å². The molecule has 0 amide bonds. The van der Waals surface area contributed by atoms with Crippen molar-refractivity contribution in [3.8, 4) is 0 Å². The van der Waals surface area contributed by atoms with Crippen LogP contribution in [0.25, 0.3) is 0 Å². The predicted molar refractivity (Wildman–Crippen MR) is 111 cm³/mol. The van der Waals surface area contributed by atoms with Crippen molar-refractivity contribution in [3.63, 3.8) is 0 Å². The fourth-order valence-corrected chi connectivity index (χ4v) is 6.96. The van der Waals surface area contributed by atoms with Crippen LogP contribution in [0.3, 0.4) is 0 Å². The maximum atomic E-state index is 13.0. The lowest BCUT2D eigenvalue weighted by molar-refractivity contribution is -0.305. The summed E-state index contributed by atoms with van der Waals surface area (Å²) in [5, 5.41) is 0. The number of hydrogen-bond donors (Lipinski definition) is 0. The quantitative estimate of drug-likeness (QED) is 0.494. The van der Waals surface area contributed by atoms with E-state index in [1.165, 1.54) is 38.5 Å². The average Bonchev–Trinajstić information content (AvgIpc) is 2.62. The molecule has 1 heterocycles. The normalized spacial score (nSPS) is 37.8. The lowest BCUT2D eigenvalue weighted by Gasteiger charge is -2.57. The Kier molecular flexibility index (Phi) is 6.58. The van der Waals surface area contributed by atoms with E-state index in [1.54, 1.807) is 13.8 Å². The molecule has 4 bridgehead atoms. The molecular weight excluding hydrogens is 422 g/mol. The molecule has 0 N–H and O–H groups in total. The number of ether oxygens (including phenoxy) is 4. The van der Waals surface area contributed by atoms with Crippen LogP contribution in [0.5, 0.6) is 0 Å². The summed E-state index contributed by atoms with van der Waals surface area (Å²) in [6, 6.07) is 0. The van der Waals surface area contributed by atoms with Gasteiger partial charge in [-0.15, -0.1) is 0 Å². The SMILES string of the molecule is CC1(C)OC(COC(=O)C(C)(F)F)CC(CC(=O)OCCC23CC4CC(CC(C4)C2)C3)O1. The minimum absolute atomic E-state index is 0.0576. The Morgan fingerprint density at radius 2 is 1.50 bits per heavy atom. The third kappa shape index (κ3) is 5.79. The van der Waals surface area contributed by atoms with E-state index in [1.807, 2.05) is 0 Å². The maximum absolute atomic E-state index is 13.0. The van der Waals surface area contributed by atoms with E-state index in [2.05, 4.69) is 4.74 Å². The van der Waals surface area contributed by atoms with Gasteiger partial charge in [-0.05, 0) is 82.0 Å². The predicted octanol–water partition coefficient (Wildman–Crippen LogP) is 4.63. The van der Waals surface area contributed by atoms with E-state index in [4.69, 9.17) is 14.2 Å². The van der Waals surface area contributed by atoms with E-state index < -0.39 is 29.9 Å². The Bertz CT molecular complexity index is 680. The van der Waals surface area contributed by atoms with Crippen molar-refractivity contribution < 1.29 is 37.3 Å². The number of carbonyl (C=O) groups is 2. The molecule has 32 heavy (non-hydrogen) atoms. The monoisotopic (exact) mass is 458 g/mol. The second kappa shape index (κ2) is 8.82. The second-order valence-corrected chi connectivity index (χ2v) is 11.2. The van der Waals surface area contributed by atoms with Crippen LogP contribution in [0.15, 0.2) is 0 Å². The molecule has 5 fully saturated rings. The van der Waals surface area contributed by atoms with E-state index in [0.29, 0.717) is 18.9 Å². The third-order valence-corrected chi connectivity index (χ3v) is 7.64. The summed E-state index contributed by atoms with van der Waals surface area (Å²) in [6.45, 7) is 3.98. The van der Waals surface area contributed by atoms with Gasteiger partial charge >= 0.3 is 17.9 Å². The number of carbonyl (C=O) groups excluding carboxylic acids is 2. The first-order valence-electron chi connectivity index (χ1n) is 12.0. The highest BCUT2D eigenvalue weighted by atomic mass is 19.3. The molecular formula is C24H36F2O6. The van der Waals surface area contributed by atoms with Crippen molar-refractivity contribution in [3.05, 3.63) is 0 Å². The van der Waals surface area contributed by atoms with Crippen LogP contribution in [-0.4, -0.2) is 49.1 Å². The minimum Gasteiger partial charge on any atom is -0.466 e. The zero-order chi connectivity index (χ0) is 23.1. The van der Waals surface area contributed by atoms with E-state index in [9.17, 15) is 18.4 Å². The summed E-state index contributed by atoms with van der Waals surface area (Å²) in [7, 11) is 0. The fraction of sp³-hybridized carbons (Fsp3) is 0.917. The summed E-state index contributed by atoms with van der Waals surface area (Å²) in [5.41, 5.74) is 0.364. The highest BCUT2D eigenvalue weighted by Gasteiger charge is 2.50. The smallest absolute Gasteiger partial charge is 0.376 e.